The maximum atomic E-state index is 14.1. The van der Waals surface area contributed by atoms with Crippen LogP contribution in [0.3, 0.4) is 0 Å². The molecule has 3 aromatic carbocycles. The fraction of sp³-hybridized carbons (Fsp3) is 0.276. The number of benzene rings is 3. The van der Waals surface area contributed by atoms with Crippen molar-refractivity contribution in [1.82, 2.24) is 0 Å². The first-order valence-corrected chi connectivity index (χ1v) is 11.7. The zero-order valence-electron chi connectivity index (χ0n) is 19.4. The molecule has 1 heterocycles. The first-order valence-electron chi connectivity index (χ1n) is 11.7. The molecule has 7 rings (SSSR count). The van der Waals surface area contributed by atoms with Gasteiger partial charge in [-0.3, -0.25) is 9.59 Å². The molecule has 3 aromatic rings. The number of carbonyl (C=O) groups is 3. The van der Waals surface area contributed by atoms with Crippen LogP contribution in [0.25, 0.3) is 0 Å². The van der Waals surface area contributed by atoms with Gasteiger partial charge < -0.3 is 4.74 Å². The van der Waals surface area contributed by atoms with E-state index in [2.05, 4.69) is 38.1 Å². The highest BCUT2D eigenvalue weighted by atomic mass is 16.5. The van der Waals surface area contributed by atoms with Gasteiger partial charge in [0, 0.05) is 10.8 Å². The summed E-state index contributed by atoms with van der Waals surface area (Å²) in [6, 6.07) is 23.0. The third-order valence-electron chi connectivity index (χ3n) is 8.26. The average molecular weight is 452 g/mol. The van der Waals surface area contributed by atoms with Gasteiger partial charge in [0.1, 0.15) is 0 Å². The summed E-state index contributed by atoms with van der Waals surface area (Å²) in [4.78, 5) is 41.8. The van der Waals surface area contributed by atoms with E-state index in [4.69, 9.17) is 4.74 Å². The van der Waals surface area contributed by atoms with Gasteiger partial charge in [0.05, 0.1) is 29.7 Å². The Labute approximate surface area is 198 Å². The number of rotatable bonds is 3. The van der Waals surface area contributed by atoms with Crippen LogP contribution in [-0.2, 0) is 25.2 Å². The molecular formula is C29H25NO4. The molecule has 0 radical (unpaired) electrons. The van der Waals surface area contributed by atoms with E-state index in [0.717, 1.165) is 22.3 Å². The Balaban J connectivity index is 1.56. The minimum Gasteiger partial charge on any atom is -0.462 e. The minimum atomic E-state index is -0.629. The van der Waals surface area contributed by atoms with E-state index in [-0.39, 0.29) is 18.4 Å². The van der Waals surface area contributed by atoms with Crippen molar-refractivity contribution >= 4 is 23.5 Å². The minimum absolute atomic E-state index is 0.214. The van der Waals surface area contributed by atoms with E-state index in [1.54, 1.807) is 31.2 Å². The number of nitrogens with zero attached hydrogens (tertiary/aromatic N) is 1. The van der Waals surface area contributed by atoms with E-state index in [1.165, 1.54) is 4.90 Å². The topological polar surface area (TPSA) is 63.7 Å². The third-order valence-corrected chi connectivity index (χ3v) is 8.26. The standard InChI is InChI=1S/C29H25NO4/c1-4-34-27(33)17-10-9-11-18(16-17)30-25(31)23-24(26(30)32)29(3)21-14-7-5-12-19(21)28(23,2)20-13-6-8-15-22(20)29/h5-16,23-24H,4H2,1-3H3. The fourth-order valence-electron chi connectivity index (χ4n) is 6.81. The van der Waals surface area contributed by atoms with Crippen LogP contribution >= 0.6 is 0 Å². The third kappa shape index (κ3) is 2.32. The van der Waals surface area contributed by atoms with Crippen LogP contribution in [0, 0.1) is 11.8 Å². The van der Waals surface area contributed by atoms with Gasteiger partial charge >= 0.3 is 5.97 Å². The van der Waals surface area contributed by atoms with Gasteiger partial charge in [-0.25, -0.2) is 9.69 Å². The molecule has 0 saturated carbocycles. The quantitative estimate of drug-likeness (QED) is 0.431. The summed E-state index contributed by atoms with van der Waals surface area (Å²) in [5.74, 6) is -1.95. The van der Waals surface area contributed by atoms with Gasteiger partial charge in [0.25, 0.3) is 0 Å². The number of anilines is 1. The van der Waals surface area contributed by atoms with Crippen molar-refractivity contribution in [2.24, 2.45) is 11.8 Å². The van der Waals surface area contributed by atoms with Crippen molar-refractivity contribution in [3.05, 3.63) is 101 Å². The number of hydrogen-bond acceptors (Lipinski definition) is 4. The largest absolute Gasteiger partial charge is 0.462 e. The summed E-state index contributed by atoms with van der Waals surface area (Å²) in [6.07, 6.45) is 0. The Morgan fingerprint density at radius 1 is 0.794 bits per heavy atom. The van der Waals surface area contributed by atoms with Crippen molar-refractivity contribution < 1.29 is 19.1 Å². The van der Waals surface area contributed by atoms with Crippen LogP contribution in [0.1, 0.15) is 53.4 Å². The molecule has 0 aromatic heterocycles. The van der Waals surface area contributed by atoms with E-state index in [9.17, 15) is 14.4 Å². The zero-order valence-corrected chi connectivity index (χ0v) is 19.4. The Morgan fingerprint density at radius 2 is 1.26 bits per heavy atom. The van der Waals surface area contributed by atoms with Crippen molar-refractivity contribution in [1.29, 1.82) is 0 Å². The summed E-state index contributed by atoms with van der Waals surface area (Å²) in [5, 5.41) is 0. The SMILES string of the molecule is CCOC(=O)c1cccc(N2C(=O)C3C(C2=O)C2(C)c4ccccc4C3(C)c3ccccc32)c1. The molecule has 0 N–H and O–H groups in total. The predicted molar refractivity (Wildman–Crippen MR) is 128 cm³/mol. The van der Waals surface area contributed by atoms with Gasteiger partial charge in [-0.2, -0.15) is 0 Å². The molecule has 3 aliphatic carbocycles. The lowest BCUT2D eigenvalue weighted by molar-refractivity contribution is -0.124. The molecular weight excluding hydrogens is 426 g/mol. The van der Waals surface area contributed by atoms with Crippen molar-refractivity contribution in [3.63, 3.8) is 0 Å². The number of imide groups is 1. The summed E-state index contributed by atoms with van der Waals surface area (Å²) in [6.45, 7) is 6.20. The molecule has 1 fully saturated rings. The lowest BCUT2D eigenvalue weighted by atomic mass is 9.42. The maximum absolute atomic E-state index is 14.1. The second-order valence-electron chi connectivity index (χ2n) is 9.73. The lowest BCUT2D eigenvalue weighted by Crippen LogP contribution is -2.59. The number of esters is 1. The molecule has 1 saturated heterocycles. The van der Waals surface area contributed by atoms with E-state index < -0.39 is 28.6 Å². The van der Waals surface area contributed by atoms with Gasteiger partial charge in [-0.05, 0) is 47.4 Å². The fourth-order valence-corrected chi connectivity index (χ4v) is 6.81. The van der Waals surface area contributed by atoms with Gasteiger partial charge in [-0.15, -0.1) is 0 Å². The molecule has 2 bridgehead atoms. The summed E-state index contributed by atoms with van der Waals surface area (Å²) in [7, 11) is 0. The summed E-state index contributed by atoms with van der Waals surface area (Å²) >= 11 is 0. The van der Waals surface area contributed by atoms with Gasteiger partial charge in [0.2, 0.25) is 11.8 Å². The van der Waals surface area contributed by atoms with Crippen LogP contribution in [0.5, 0.6) is 0 Å². The number of ether oxygens (including phenoxy) is 1. The van der Waals surface area contributed by atoms with E-state index >= 15 is 0 Å². The van der Waals surface area contributed by atoms with Gasteiger partial charge in [0.15, 0.2) is 0 Å². The molecule has 1 aliphatic heterocycles. The van der Waals surface area contributed by atoms with E-state index in [1.807, 2.05) is 24.3 Å². The van der Waals surface area contributed by atoms with Crippen LogP contribution in [0.4, 0.5) is 5.69 Å². The molecule has 5 heteroatoms. The Morgan fingerprint density at radius 3 is 1.71 bits per heavy atom. The molecule has 5 nitrogen and oxygen atoms in total. The molecule has 0 spiro atoms. The Hall–Kier alpha value is -3.73. The Bertz CT molecular complexity index is 1270. The number of amides is 2. The van der Waals surface area contributed by atoms with Crippen molar-refractivity contribution in [2.45, 2.75) is 31.6 Å². The molecule has 2 unspecified atom stereocenters. The maximum Gasteiger partial charge on any atom is 0.338 e. The van der Waals surface area contributed by atoms with E-state index in [0.29, 0.717) is 11.3 Å². The first kappa shape index (κ1) is 20.8. The Kier molecular flexibility index (Phi) is 4.22. The highest BCUT2D eigenvalue weighted by Crippen LogP contribution is 2.66. The van der Waals surface area contributed by atoms with Crippen LogP contribution in [0.15, 0.2) is 72.8 Å². The highest BCUT2D eigenvalue weighted by molar-refractivity contribution is 6.24. The van der Waals surface area contributed by atoms with Crippen LogP contribution < -0.4 is 4.90 Å². The highest BCUT2D eigenvalue weighted by Gasteiger charge is 2.70. The first-order chi connectivity index (χ1) is 16.3. The molecule has 2 atom stereocenters. The van der Waals surface area contributed by atoms with Crippen LogP contribution in [-0.4, -0.2) is 24.4 Å². The van der Waals surface area contributed by atoms with Crippen molar-refractivity contribution in [2.75, 3.05) is 11.5 Å². The number of hydrogen-bond donors (Lipinski definition) is 0. The van der Waals surface area contributed by atoms with Crippen molar-refractivity contribution in [3.8, 4) is 0 Å². The summed E-state index contributed by atoms with van der Waals surface area (Å²) < 4.78 is 5.13. The summed E-state index contributed by atoms with van der Waals surface area (Å²) in [5.41, 5.74) is 3.92. The second kappa shape index (κ2) is 6.89. The normalized spacial score (nSPS) is 28.4. The monoisotopic (exact) mass is 451 g/mol. The molecule has 34 heavy (non-hydrogen) atoms. The predicted octanol–water partition coefficient (Wildman–Crippen LogP) is 4.61. The molecule has 4 aliphatic rings. The smallest absolute Gasteiger partial charge is 0.338 e. The zero-order chi connectivity index (χ0) is 23.8. The van der Waals surface area contributed by atoms with Gasteiger partial charge in [-0.1, -0.05) is 68.4 Å². The van der Waals surface area contributed by atoms with Crippen LogP contribution in [0.2, 0.25) is 0 Å². The second-order valence-corrected chi connectivity index (χ2v) is 9.73. The average Bonchev–Trinajstić information content (AvgIpc) is 3.14. The molecule has 2 amide bonds. The molecule has 170 valence electrons. The number of carbonyl (C=O) groups excluding carboxylic acids is 3. The lowest BCUT2D eigenvalue weighted by Gasteiger charge is -2.57.